The van der Waals surface area contributed by atoms with Crippen molar-refractivity contribution in [1.29, 1.82) is 0 Å². The van der Waals surface area contributed by atoms with E-state index in [9.17, 15) is 9.59 Å². The SMILES string of the molecule is COC(=O)N[C@H](C(=O)Nc1[nH]nc2ncnc(Nc3cccc(Cl)c3)c12)C(C)C. The van der Waals surface area contributed by atoms with Gasteiger partial charge in [0.25, 0.3) is 0 Å². The minimum atomic E-state index is -0.810. The molecule has 1 atom stereocenters. The Morgan fingerprint density at radius 2 is 2.03 bits per heavy atom. The van der Waals surface area contributed by atoms with E-state index >= 15 is 0 Å². The van der Waals surface area contributed by atoms with Crippen molar-refractivity contribution in [3.63, 3.8) is 0 Å². The summed E-state index contributed by atoms with van der Waals surface area (Å²) in [5.74, 6) is 0.118. The molecule has 3 rings (SSSR count). The average molecular weight is 418 g/mol. The molecule has 0 saturated heterocycles. The summed E-state index contributed by atoms with van der Waals surface area (Å²) in [6, 6.07) is 6.31. The fourth-order valence-corrected chi connectivity index (χ4v) is 2.86. The lowest BCUT2D eigenvalue weighted by atomic mass is 10.0. The lowest BCUT2D eigenvalue weighted by Gasteiger charge is -2.20. The van der Waals surface area contributed by atoms with Gasteiger partial charge < -0.3 is 20.7 Å². The van der Waals surface area contributed by atoms with Crippen LogP contribution in [0.15, 0.2) is 30.6 Å². The molecule has 0 unspecified atom stereocenters. The van der Waals surface area contributed by atoms with E-state index < -0.39 is 18.0 Å². The monoisotopic (exact) mass is 417 g/mol. The Kier molecular flexibility index (Phi) is 6.13. The minimum absolute atomic E-state index is 0.177. The third-order valence-corrected chi connectivity index (χ3v) is 4.33. The first-order chi connectivity index (χ1) is 13.9. The molecule has 0 saturated carbocycles. The number of anilines is 3. The van der Waals surface area contributed by atoms with Crippen molar-refractivity contribution in [1.82, 2.24) is 25.5 Å². The molecule has 152 valence electrons. The molecule has 0 radical (unpaired) electrons. The van der Waals surface area contributed by atoms with Gasteiger partial charge in [-0.2, -0.15) is 5.10 Å². The molecule has 0 bridgehead atoms. The molecule has 29 heavy (non-hydrogen) atoms. The molecular formula is C18H20ClN7O3. The summed E-state index contributed by atoms with van der Waals surface area (Å²) in [6.07, 6.45) is 0.664. The predicted octanol–water partition coefficient (Wildman–Crippen LogP) is 3.07. The molecule has 2 amide bonds. The van der Waals surface area contributed by atoms with Gasteiger partial charge in [0, 0.05) is 10.7 Å². The molecule has 0 aliphatic rings. The van der Waals surface area contributed by atoms with Crippen molar-refractivity contribution in [3.05, 3.63) is 35.6 Å². The fraction of sp³-hybridized carbons (Fsp3) is 0.278. The average Bonchev–Trinajstić information content (AvgIpc) is 3.09. The zero-order valence-corrected chi connectivity index (χ0v) is 16.7. The molecular weight excluding hydrogens is 398 g/mol. The Hall–Kier alpha value is -3.40. The maximum Gasteiger partial charge on any atom is 0.407 e. The number of aromatic nitrogens is 4. The van der Waals surface area contributed by atoms with Crippen LogP contribution in [0.3, 0.4) is 0 Å². The smallest absolute Gasteiger partial charge is 0.407 e. The molecule has 10 nitrogen and oxygen atoms in total. The molecule has 3 aromatic rings. The number of methoxy groups -OCH3 is 1. The fourth-order valence-electron chi connectivity index (χ4n) is 2.67. The Morgan fingerprint density at radius 3 is 2.72 bits per heavy atom. The van der Waals surface area contributed by atoms with Crippen molar-refractivity contribution < 1.29 is 14.3 Å². The molecule has 2 heterocycles. The number of H-pyrrole nitrogens is 1. The third kappa shape index (κ3) is 4.72. The number of fused-ring (bicyclic) bond motifs is 1. The van der Waals surface area contributed by atoms with E-state index in [0.29, 0.717) is 33.4 Å². The number of hydrogen-bond donors (Lipinski definition) is 4. The van der Waals surface area contributed by atoms with Gasteiger partial charge in [-0.3, -0.25) is 9.89 Å². The highest BCUT2D eigenvalue weighted by atomic mass is 35.5. The van der Waals surface area contributed by atoms with E-state index in [2.05, 4.69) is 40.9 Å². The number of halogens is 1. The molecule has 0 fully saturated rings. The summed E-state index contributed by atoms with van der Waals surface area (Å²) < 4.78 is 4.59. The van der Waals surface area contributed by atoms with Crippen LogP contribution in [0.4, 0.5) is 22.1 Å². The van der Waals surface area contributed by atoms with E-state index in [1.807, 2.05) is 6.07 Å². The van der Waals surface area contributed by atoms with Gasteiger partial charge in [-0.15, -0.1) is 0 Å². The van der Waals surface area contributed by atoms with Gasteiger partial charge in [0.15, 0.2) is 5.65 Å². The van der Waals surface area contributed by atoms with Gasteiger partial charge in [-0.1, -0.05) is 31.5 Å². The van der Waals surface area contributed by atoms with Crippen LogP contribution in [-0.2, 0) is 9.53 Å². The quantitative estimate of drug-likeness (QED) is 0.484. The Morgan fingerprint density at radius 1 is 1.24 bits per heavy atom. The highest BCUT2D eigenvalue weighted by molar-refractivity contribution is 6.30. The zero-order valence-electron chi connectivity index (χ0n) is 16.0. The third-order valence-electron chi connectivity index (χ3n) is 4.09. The highest BCUT2D eigenvalue weighted by Crippen LogP contribution is 2.28. The first-order valence-electron chi connectivity index (χ1n) is 8.76. The van der Waals surface area contributed by atoms with E-state index in [0.717, 1.165) is 0 Å². The first-order valence-corrected chi connectivity index (χ1v) is 9.14. The maximum atomic E-state index is 12.8. The number of nitrogens with zero attached hydrogens (tertiary/aromatic N) is 3. The Balaban J connectivity index is 1.90. The molecule has 0 aliphatic heterocycles. The molecule has 1 aromatic carbocycles. The molecule has 4 N–H and O–H groups in total. The Bertz CT molecular complexity index is 1040. The summed E-state index contributed by atoms with van der Waals surface area (Å²) in [5.41, 5.74) is 1.07. The van der Waals surface area contributed by atoms with Crippen LogP contribution in [0.5, 0.6) is 0 Å². The van der Waals surface area contributed by atoms with E-state index in [4.69, 9.17) is 11.6 Å². The zero-order chi connectivity index (χ0) is 21.0. The minimum Gasteiger partial charge on any atom is -0.453 e. The van der Waals surface area contributed by atoms with Crippen molar-refractivity contribution in [2.45, 2.75) is 19.9 Å². The highest BCUT2D eigenvalue weighted by Gasteiger charge is 2.26. The van der Waals surface area contributed by atoms with Crippen molar-refractivity contribution in [3.8, 4) is 0 Å². The van der Waals surface area contributed by atoms with Gasteiger partial charge in [0.2, 0.25) is 5.91 Å². The van der Waals surface area contributed by atoms with Crippen LogP contribution >= 0.6 is 11.6 Å². The van der Waals surface area contributed by atoms with Gasteiger partial charge in [-0.05, 0) is 24.1 Å². The molecule has 2 aromatic heterocycles. The van der Waals surface area contributed by atoms with Crippen LogP contribution in [0.1, 0.15) is 13.8 Å². The van der Waals surface area contributed by atoms with E-state index in [1.165, 1.54) is 13.4 Å². The molecule has 11 heteroatoms. The second-order valence-electron chi connectivity index (χ2n) is 6.50. The summed E-state index contributed by atoms with van der Waals surface area (Å²) in [4.78, 5) is 32.7. The standard InChI is InChI=1S/C18H20ClN7O3/c1-9(2)13(23-18(28)29-3)17(27)24-16-12-14(20-8-21-15(12)25-26-16)22-11-6-4-5-10(19)7-11/h4-9,13H,1-3H3,(H,23,28)(H3,20,21,22,24,25,26,27)/t13-/m0/s1. The van der Waals surface area contributed by atoms with Crippen LogP contribution in [0.2, 0.25) is 5.02 Å². The molecule has 0 spiro atoms. The Labute approximate surface area is 171 Å². The van der Waals surface area contributed by atoms with Crippen molar-refractivity contribution in [2.24, 2.45) is 5.92 Å². The summed E-state index contributed by atoms with van der Waals surface area (Å²) in [7, 11) is 1.23. The van der Waals surface area contributed by atoms with Gasteiger partial charge in [-0.25, -0.2) is 14.8 Å². The van der Waals surface area contributed by atoms with Crippen LogP contribution < -0.4 is 16.0 Å². The van der Waals surface area contributed by atoms with Crippen LogP contribution in [-0.4, -0.2) is 45.3 Å². The first kappa shape index (κ1) is 20.3. The summed E-state index contributed by atoms with van der Waals surface area (Å²) in [6.45, 7) is 3.61. The number of alkyl carbamates (subject to hydrolysis) is 1. The second-order valence-corrected chi connectivity index (χ2v) is 6.94. The second kappa shape index (κ2) is 8.74. The largest absolute Gasteiger partial charge is 0.453 e. The number of amides is 2. The number of benzene rings is 1. The summed E-state index contributed by atoms with van der Waals surface area (Å²) in [5, 5.41) is 16.3. The number of carbonyl (C=O) groups excluding carboxylic acids is 2. The molecule has 0 aliphatic carbocycles. The van der Waals surface area contributed by atoms with E-state index in [-0.39, 0.29) is 5.92 Å². The number of carbonyl (C=O) groups is 2. The van der Waals surface area contributed by atoms with Crippen molar-refractivity contribution >= 4 is 52.0 Å². The number of rotatable bonds is 6. The van der Waals surface area contributed by atoms with Gasteiger partial charge in [0.05, 0.1) is 7.11 Å². The normalized spacial score (nSPS) is 11.9. The number of ether oxygens (including phenoxy) is 1. The van der Waals surface area contributed by atoms with Crippen LogP contribution in [0.25, 0.3) is 11.0 Å². The lowest BCUT2D eigenvalue weighted by Crippen LogP contribution is -2.47. The number of nitrogens with one attached hydrogen (secondary N) is 4. The van der Waals surface area contributed by atoms with E-state index in [1.54, 1.807) is 32.0 Å². The predicted molar refractivity (Wildman–Crippen MR) is 109 cm³/mol. The topological polar surface area (TPSA) is 134 Å². The lowest BCUT2D eigenvalue weighted by molar-refractivity contribution is -0.119. The summed E-state index contributed by atoms with van der Waals surface area (Å²) >= 11 is 6.03. The maximum absolute atomic E-state index is 12.8. The van der Waals surface area contributed by atoms with Gasteiger partial charge in [0.1, 0.15) is 29.4 Å². The van der Waals surface area contributed by atoms with Gasteiger partial charge >= 0.3 is 6.09 Å². The number of aromatic amines is 1. The van der Waals surface area contributed by atoms with Crippen LogP contribution in [0, 0.1) is 5.92 Å². The number of hydrogen-bond acceptors (Lipinski definition) is 7. The van der Waals surface area contributed by atoms with Crippen molar-refractivity contribution in [2.75, 3.05) is 17.7 Å².